The molecule has 1 fully saturated rings. The van der Waals surface area contributed by atoms with E-state index in [-0.39, 0.29) is 6.04 Å². The molecule has 2 rings (SSSR count). The van der Waals surface area contributed by atoms with E-state index in [9.17, 15) is 0 Å². The van der Waals surface area contributed by atoms with Gasteiger partial charge in [0.2, 0.25) is 0 Å². The van der Waals surface area contributed by atoms with Crippen LogP contribution in [0.1, 0.15) is 55.3 Å². The molecule has 2 heteroatoms. The number of hydrogen-bond donors (Lipinski definition) is 1. The first-order valence-corrected chi connectivity index (χ1v) is 7.43. The van der Waals surface area contributed by atoms with E-state index < -0.39 is 0 Å². The first-order chi connectivity index (χ1) is 9.02. The molecule has 3 unspecified atom stereocenters. The largest absolute Gasteiger partial charge is 0.496 e. The van der Waals surface area contributed by atoms with Gasteiger partial charge in [0.15, 0.2) is 0 Å². The molecule has 1 aromatic carbocycles. The molecule has 0 heterocycles. The fourth-order valence-electron chi connectivity index (χ4n) is 3.58. The van der Waals surface area contributed by atoms with Gasteiger partial charge in [-0.25, -0.2) is 0 Å². The quantitative estimate of drug-likeness (QED) is 0.887. The lowest BCUT2D eigenvalue weighted by molar-refractivity contribution is 0.244. The van der Waals surface area contributed by atoms with E-state index in [0.29, 0.717) is 5.92 Å². The van der Waals surface area contributed by atoms with Crippen molar-refractivity contribution in [1.29, 1.82) is 0 Å². The summed E-state index contributed by atoms with van der Waals surface area (Å²) in [4.78, 5) is 0. The molecule has 19 heavy (non-hydrogen) atoms. The SMILES string of the molecule is COc1cc(C)cc(C)c1C(N)C1CCCC(C)C1. The van der Waals surface area contributed by atoms with E-state index in [1.165, 1.54) is 42.4 Å². The Morgan fingerprint density at radius 1 is 1.26 bits per heavy atom. The van der Waals surface area contributed by atoms with Crippen molar-refractivity contribution in [3.63, 3.8) is 0 Å². The summed E-state index contributed by atoms with van der Waals surface area (Å²) in [6.45, 7) is 6.60. The van der Waals surface area contributed by atoms with E-state index in [4.69, 9.17) is 10.5 Å². The lowest BCUT2D eigenvalue weighted by Gasteiger charge is -2.32. The van der Waals surface area contributed by atoms with E-state index >= 15 is 0 Å². The molecule has 1 aromatic rings. The van der Waals surface area contributed by atoms with Crippen LogP contribution in [0, 0.1) is 25.7 Å². The van der Waals surface area contributed by atoms with Crippen molar-refractivity contribution in [2.75, 3.05) is 7.11 Å². The molecule has 106 valence electrons. The third-order valence-corrected chi connectivity index (χ3v) is 4.53. The number of rotatable bonds is 3. The Balaban J connectivity index is 2.29. The highest BCUT2D eigenvalue weighted by atomic mass is 16.5. The smallest absolute Gasteiger partial charge is 0.124 e. The maximum absolute atomic E-state index is 6.58. The number of ether oxygens (including phenoxy) is 1. The molecular formula is C17H27NO. The highest BCUT2D eigenvalue weighted by Crippen LogP contribution is 2.40. The Hall–Kier alpha value is -1.02. The Kier molecular flexibility index (Phi) is 4.51. The van der Waals surface area contributed by atoms with Crippen LogP contribution in [-0.4, -0.2) is 7.11 Å². The molecule has 0 bridgehead atoms. The van der Waals surface area contributed by atoms with Gasteiger partial charge in [0, 0.05) is 11.6 Å². The van der Waals surface area contributed by atoms with Gasteiger partial charge in [-0.3, -0.25) is 0 Å². The minimum atomic E-state index is 0.110. The van der Waals surface area contributed by atoms with Crippen LogP contribution in [0.5, 0.6) is 5.75 Å². The summed E-state index contributed by atoms with van der Waals surface area (Å²) in [6.07, 6.45) is 5.17. The number of nitrogens with two attached hydrogens (primary N) is 1. The molecular weight excluding hydrogens is 234 g/mol. The van der Waals surface area contributed by atoms with Crippen LogP contribution in [0.3, 0.4) is 0 Å². The Morgan fingerprint density at radius 3 is 2.63 bits per heavy atom. The van der Waals surface area contributed by atoms with Gasteiger partial charge in [-0.05, 0) is 55.7 Å². The molecule has 0 aliphatic heterocycles. The number of methoxy groups -OCH3 is 1. The van der Waals surface area contributed by atoms with Crippen LogP contribution < -0.4 is 10.5 Å². The minimum absolute atomic E-state index is 0.110. The molecule has 0 radical (unpaired) electrons. The van der Waals surface area contributed by atoms with Crippen molar-refractivity contribution in [3.05, 3.63) is 28.8 Å². The molecule has 0 saturated heterocycles. The average Bonchev–Trinajstić information content (AvgIpc) is 2.37. The molecule has 1 saturated carbocycles. The molecule has 0 aromatic heterocycles. The van der Waals surface area contributed by atoms with Crippen molar-refractivity contribution in [2.45, 2.75) is 52.5 Å². The summed E-state index contributed by atoms with van der Waals surface area (Å²) in [6, 6.07) is 4.43. The van der Waals surface area contributed by atoms with Gasteiger partial charge >= 0.3 is 0 Å². The van der Waals surface area contributed by atoms with Crippen molar-refractivity contribution in [3.8, 4) is 5.75 Å². The van der Waals surface area contributed by atoms with Crippen molar-refractivity contribution in [2.24, 2.45) is 17.6 Å². The molecule has 2 nitrogen and oxygen atoms in total. The van der Waals surface area contributed by atoms with E-state index in [0.717, 1.165) is 11.7 Å². The van der Waals surface area contributed by atoms with Crippen molar-refractivity contribution in [1.82, 2.24) is 0 Å². The molecule has 0 amide bonds. The fraction of sp³-hybridized carbons (Fsp3) is 0.647. The third-order valence-electron chi connectivity index (χ3n) is 4.53. The second-order valence-electron chi connectivity index (χ2n) is 6.26. The summed E-state index contributed by atoms with van der Waals surface area (Å²) in [7, 11) is 1.74. The Morgan fingerprint density at radius 2 is 2.00 bits per heavy atom. The molecule has 0 spiro atoms. The van der Waals surface area contributed by atoms with Gasteiger partial charge in [0.1, 0.15) is 5.75 Å². The van der Waals surface area contributed by atoms with E-state index in [1.807, 2.05) is 0 Å². The zero-order chi connectivity index (χ0) is 14.0. The third kappa shape index (κ3) is 3.11. The summed E-state index contributed by atoms with van der Waals surface area (Å²) in [5, 5.41) is 0. The fourth-order valence-corrected chi connectivity index (χ4v) is 3.58. The van der Waals surface area contributed by atoms with Crippen LogP contribution in [0.2, 0.25) is 0 Å². The lowest BCUT2D eigenvalue weighted by atomic mass is 9.76. The summed E-state index contributed by atoms with van der Waals surface area (Å²) >= 11 is 0. The topological polar surface area (TPSA) is 35.2 Å². The zero-order valence-electron chi connectivity index (χ0n) is 12.7. The summed E-state index contributed by atoms with van der Waals surface area (Å²) in [5.74, 6) is 2.36. The van der Waals surface area contributed by atoms with Crippen LogP contribution in [0.15, 0.2) is 12.1 Å². The van der Waals surface area contributed by atoms with Gasteiger partial charge in [-0.2, -0.15) is 0 Å². The standard InChI is InChI=1S/C17H27NO/c1-11-6-5-7-14(9-11)17(18)16-13(3)8-12(2)10-15(16)19-4/h8,10-11,14,17H,5-7,9,18H2,1-4H3. The Bertz CT molecular complexity index is 441. The number of benzene rings is 1. The maximum Gasteiger partial charge on any atom is 0.124 e. The first-order valence-electron chi connectivity index (χ1n) is 7.43. The van der Waals surface area contributed by atoms with Gasteiger partial charge in [-0.1, -0.05) is 25.8 Å². The van der Waals surface area contributed by atoms with Crippen LogP contribution >= 0.6 is 0 Å². The Labute approximate surface area is 117 Å². The van der Waals surface area contributed by atoms with Crippen molar-refractivity contribution < 1.29 is 4.74 Å². The summed E-state index contributed by atoms with van der Waals surface area (Å²) in [5.41, 5.74) is 10.3. The van der Waals surface area contributed by atoms with Gasteiger partial charge < -0.3 is 10.5 Å². The van der Waals surface area contributed by atoms with Gasteiger partial charge in [0.05, 0.1) is 7.11 Å². The molecule has 2 N–H and O–H groups in total. The van der Waals surface area contributed by atoms with Crippen LogP contribution in [-0.2, 0) is 0 Å². The second kappa shape index (κ2) is 5.96. The number of aryl methyl sites for hydroxylation is 2. The summed E-state index contributed by atoms with van der Waals surface area (Å²) < 4.78 is 5.57. The van der Waals surface area contributed by atoms with Gasteiger partial charge in [-0.15, -0.1) is 0 Å². The van der Waals surface area contributed by atoms with E-state index in [1.54, 1.807) is 7.11 Å². The van der Waals surface area contributed by atoms with Crippen molar-refractivity contribution >= 4 is 0 Å². The molecule has 3 atom stereocenters. The van der Waals surface area contributed by atoms with Crippen LogP contribution in [0.25, 0.3) is 0 Å². The van der Waals surface area contributed by atoms with E-state index in [2.05, 4.69) is 32.9 Å². The number of hydrogen-bond acceptors (Lipinski definition) is 2. The lowest BCUT2D eigenvalue weighted by Crippen LogP contribution is -2.27. The van der Waals surface area contributed by atoms with Gasteiger partial charge in [0.25, 0.3) is 0 Å². The highest BCUT2D eigenvalue weighted by Gasteiger charge is 2.28. The predicted molar refractivity (Wildman–Crippen MR) is 80.5 cm³/mol. The molecule has 1 aliphatic rings. The predicted octanol–water partition coefficient (Wildman–Crippen LogP) is 4.14. The average molecular weight is 261 g/mol. The maximum atomic E-state index is 6.58. The first kappa shape index (κ1) is 14.4. The zero-order valence-corrected chi connectivity index (χ0v) is 12.7. The highest BCUT2D eigenvalue weighted by molar-refractivity contribution is 5.45. The van der Waals surface area contributed by atoms with Crippen LogP contribution in [0.4, 0.5) is 0 Å². The monoisotopic (exact) mass is 261 g/mol. The second-order valence-corrected chi connectivity index (χ2v) is 6.26. The normalized spacial score (nSPS) is 25.1. The minimum Gasteiger partial charge on any atom is -0.496 e. The molecule has 1 aliphatic carbocycles.